The highest BCUT2D eigenvalue weighted by Crippen LogP contribution is 2.32. The lowest BCUT2D eigenvalue weighted by Gasteiger charge is -2.02. The number of nitrogens with zero attached hydrogens (tertiary/aromatic N) is 4. The molecule has 0 radical (unpaired) electrons. The lowest BCUT2D eigenvalue weighted by atomic mass is 10.1. The normalized spacial score (nSPS) is 11.0. The third-order valence-electron chi connectivity index (χ3n) is 3.73. The highest BCUT2D eigenvalue weighted by atomic mass is 79.9. The van der Waals surface area contributed by atoms with Crippen molar-refractivity contribution in [3.63, 3.8) is 0 Å². The molecule has 1 aromatic carbocycles. The number of hydrogen-bond donors (Lipinski definition) is 1. The molecule has 0 aliphatic heterocycles. The van der Waals surface area contributed by atoms with E-state index in [1.165, 1.54) is 30.1 Å². The molecule has 2 aromatic heterocycles. The van der Waals surface area contributed by atoms with Crippen LogP contribution in [0.1, 0.15) is 17.1 Å². The Morgan fingerprint density at radius 3 is 2.67 bits per heavy atom. The summed E-state index contributed by atoms with van der Waals surface area (Å²) in [6.45, 7) is 3.74. The molecule has 0 saturated carbocycles. The summed E-state index contributed by atoms with van der Waals surface area (Å²) < 4.78 is 6.20. The number of non-ortho nitro benzene ring substituents is 1. The molecule has 0 fully saturated rings. The zero-order chi connectivity index (χ0) is 21.7. The molecule has 0 spiro atoms. The van der Waals surface area contributed by atoms with Crippen molar-refractivity contribution in [1.82, 2.24) is 15.4 Å². The van der Waals surface area contributed by atoms with Crippen LogP contribution in [0.4, 0.5) is 5.69 Å². The number of thioether (sulfide) groups is 1. The Hall–Kier alpha value is -3.05. The number of amides is 1. The van der Waals surface area contributed by atoms with Gasteiger partial charge in [-0.2, -0.15) is 5.10 Å². The number of aromatic nitrogens is 2. The number of aryl methyl sites for hydroxylation is 2. The minimum absolute atomic E-state index is 0.0224. The average Bonchev–Trinajstić information content (AvgIpc) is 3.14. The molecule has 0 aliphatic carbocycles. The highest BCUT2D eigenvalue weighted by molar-refractivity contribution is 9.10. The van der Waals surface area contributed by atoms with Crippen LogP contribution in [-0.4, -0.2) is 32.8 Å². The fourth-order valence-corrected chi connectivity index (χ4v) is 3.78. The quantitative estimate of drug-likeness (QED) is 0.173. The first-order chi connectivity index (χ1) is 14.3. The Morgan fingerprint density at radius 1 is 1.27 bits per heavy atom. The van der Waals surface area contributed by atoms with Gasteiger partial charge in [0.2, 0.25) is 0 Å². The fourth-order valence-electron chi connectivity index (χ4n) is 2.47. The van der Waals surface area contributed by atoms with Gasteiger partial charge in [-0.3, -0.25) is 14.9 Å². The van der Waals surface area contributed by atoms with Gasteiger partial charge in [0, 0.05) is 33.6 Å². The molecule has 1 N–H and O–H groups in total. The number of furan rings is 1. The van der Waals surface area contributed by atoms with E-state index in [-0.39, 0.29) is 17.3 Å². The summed E-state index contributed by atoms with van der Waals surface area (Å²) >= 11 is 4.54. The number of carbonyl (C=O) groups is 1. The van der Waals surface area contributed by atoms with Crippen molar-refractivity contribution in [3.8, 4) is 11.3 Å². The van der Waals surface area contributed by atoms with Gasteiger partial charge in [-0.25, -0.2) is 15.4 Å². The second-order valence-electron chi connectivity index (χ2n) is 6.14. The SMILES string of the molecule is Cc1cc(C)nc(SCC(=O)N/N=C/c2ccc(-c3ccc([N+](=O)[O-])cc3Br)o2)n1. The molecule has 3 rings (SSSR count). The maximum atomic E-state index is 11.9. The maximum absolute atomic E-state index is 11.9. The van der Waals surface area contributed by atoms with Crippen molar-refractivity contribution >= 4 is 45.5 Å². The van der Waals surface area contributed by atoms with E-state index in [0.717, 1.165) is 11.4 Å². The molecule has 3 aromatic rings. The number of nitro benzene ring substituents is 1. The molecule has 0 saturated heterocycles. The van der Waals surface area contributed by atoms with Gasteiger partial charge in [0.05, 0.1) is 16.9 Å². The van der Waals surface area contributed by atoms with Crippen LogP contribution in [0.15, 0.2) is 55.5 Å². The number of benzene rings is 1. The Bertz CT molecular complexity index is 1110. The molecule has 2 heterocycles. The summed E-state index contributed by atoms with van der Waals surface area (Å²) in [7, 11) is 0. The lowest BCUT2D eigenvalue weighted by molar-refractivity contribution is -0.384. The van der Waals surface area contributed by atoms with Gasteiger partial charge in [0.25, 0.3) is 11.6 Å². The van der Waals surface area contributed by atoms with Crippen molar-refractivity contribution in [3.05, 3.63) is 68.1 Å². The van der Waals surface area contributed by atoms with Crippen molar-refractivity contribution in [2.24, 2.45) is 5.10 Å². The van der Waals surface area contributed by atoms with Crippen molar-refractivity contribution in [1.29, 1.82) is 0 Å². The predicted molar refractivity (Wildman–Crippen MR) is 116 cm³/mol. The Morgan fingerprint density at radius 2 is 2.00 bits per heavy atom. The second kappa shape index (κ2) is 9.63. The van der Waals surface area contributed by atoms with E-state index in [2.05, 4.69) is 36.4 Å². The van der Waals surface area contributed by atoms with E-state index >= 15 is 0 Å². The number of hydrogen-bond acceptors (Lipinski definition) is 8. The van der Waals surface area contributed by atoms with Crippen LogP contribution in [0.2, 0.25) is 0 Å². The smallest absolute Gasteiger partial charge is 0.270 e. The summed E-state index contributed by atoms with van der Waals surface area (Å²) in [5, 5.41) is 15.3. The molecule has 1 amide bonds. The number of hydrazone groups is 1. The van der Waals surface area contributed by atoms with E-state index in [1.54, 1.807) is 18.2 Å². The van der Waals surface area contributed by atoms with Crippen LogP contribution >= 0.6 is 27.7 Å². The fraction of sp³-hybridized carbons (Fsp3) is 0.158. The molecule has 0 atom stereocenters. The number of rotatable bonds is 7. The summed E-state index contributed by atoms with van der Waals surface area (Å²) in [5.74, 6) is 0.746. The first kappa shape index (κ1) is 21.7. The minimum atomic E-state index is -0.470. The van der Waals surface area contributed by atoms with Gasteiger partial charge in [-0.15, -0.1) is 0 Å². The van der Waals surface area contributed by atoms with Gasteiger partial charge in [0.15, 0.2) is 5.16 Å². The first-order valence-electron chi connectivity index (χ1n) is 8.63. The molecule has 30 heavy (non-hydrogen) atoms. The third-order valence-corrected chi connectivity index (χ3v) is 5.23. The van der Waals surface area contributed by atoms with Gasteiger partial charge < -0.3 is 4.42 Å². The number of nitrogens with one attached hydrogen (secondary N) is 1. The summed E-state index contributed by atoms with van der Waals surface area (Å²) in [4.78, 5) is 30.8. The molecule has 0 aliphatic rings. The maximum Gasteiger partial charge on any atom is 0.270 e. The van der Waals surface area contributed by atoms with E-state index in [1.807, 2.05) is 19.9 Å². The summed E-state index contributed by atoms with van der Waals surface area (Å²) in [5.41, 5.74) is 4.75. The van der Waals surface area contributed by atoms with Crippen LogP contribution in [0.3, 0.4) is 0 Å². The summed E-state index contributed by atoms with van der Waals surface area (Å²) in [6, 6.07) is 9.65. The largest absolute Gasteiger partial charge is 0.455 e. The van der Waals surface area contributed by atoms with Crippen molar-refractivity contribution in [2.75, 3.05) is 5.75 Å². The zero-order valence-corrected chi connectivity index (χ0v) is 18.4. The van der Waals surface area contributed by atoms with Crippen molar-refractivity contribution < 1.29 is 14.1 Å². The van der Waals surface area contributed by atoms with Gasteiger partial charge in [0.1, 0.15) is 11.5 Å². The van der Waals surface area contributed by atoms with E-state index in [9.17, 15) is 14.9 Å². The molecule has 0 bridgehead atoms. The highest BCUT2D eigenvalue weighted by Gasteiger charge is 2.13. The summed E-state index contributed by atoms with van der Waals surface area (Å²) in [6.07, 6.45) is 1.37. The van der Waals surface area contributed by atoms with Gasteiger partial charge >= 0.3 is 0 Å². The van der Waals surface area contributed by atoms with Crippen LogP contribution in [0, 0.1) is 24.0 Å². The van der Waals surface area contributed by atoms with Crippen LogP contribution in [0.5, 0.6) is 0 Å². The van der Waals surface area contributed by atoms with Gasteiger partial charge in [-0.05, 0) is 54.0 Å². The Balaban J connectivity index is 1.56. The van der Waals surface area contributed by atoms with E-state index < -0.39 is 4.92 Å². The molecule has 9 nitrogen and oxygen atoms in total. The van der Waals surface area contributed by atoms with Crippen LogP contribution in [0.25, 0.3) is 11.3 Å². The Labute approximate surface area is 184 Å². The molecular weight excluding hydrogens is 474 g/mol. The van der Waals surface area contributed by atoms with E-state index in [0.29, 0.717) is 26.7 Å². The van der Waals surface area contributed by atoms with Gasteiger partial charge in [-0.1, -0.05) is 11.8 Å². The second-order valence-corrected chi connectivity index (χ2v) is 7.94. The zero-order valence-electron chi connectivity index (χ0n) is 16.0. The average molecular weight is 490 g/mol. The van der Waals surface area contributed by atoms with Crippen molar-refractivity contribution in [2.45, 2.75) is 19.0 Å². The van der Waals surface area contributed by atoms with Crippen LogP contribution in [-0.2, 0) is 4.79 Å². The number of halogens is 1. The number of carbonyl (C=O) groups excluding carboxylic acids is 1. The minimum Gasteiger partial charge on any atom is -0.455 e. The topological polar surface area (TPSA) is 124 Å². The standard InChI is InChI=1S/C19H16BrN5O4S/c1-11-7-12(2)23-19(22-11)30-10-18(26)24-21-9-14-4-6-17(29-14)15-5-3-13(25(27)28)8-16(15)20/h3-9H,10H2,1-2H3,(H,24,26)/b21-9+. The molecule has 0 unspecified atom stereocenters. The molecule has 11 heteroatoms. The third kappa shape index (κ3) is 5.74. The predicted octanol–water partition coefficient (Wildman–Crippen LogP) is 4.27. The first-order valence-corrected chi connectivity index (χ1v) is 10.4. The number of nitro groups is 1. The monoisotopic (exact) mass is 489 g/mol. The molecular formula is C19H16BrN5O4S. The lowest BCUT2D eigenvalue weighted by Crippen LogP contribution is -2.19. The van der Waals surface area contributed by atoms with Crippen LogP contribution < -0.4 is 5.43 Å². The molecule has 154 valence electrons. The Kier molecular flexibility index (Phi) is 6.95. The van der Waals surface area contributed by atoms with E-state index in [4.69, 9.17) is 4.42 Å².